The number of nitrogens with zero attached hydrogens (tertiary/aromatic N) is 1. The van der Waals surface area contributed by atoms with Gasteiger partial charge in [0.2, 0.25) is 10.0 Å². The van der Waals surface area contributed by atoms with Gasteiger partial charge in [0.15, 0.2) is 5.76 Å². The Kier molecular flexibility index (Phi) is 4.11. The van der Waals surface area contributed by atoms with E-state index in [1.165, 1.54) is 18.2 Å². The van der Waals surface area contributed by atoms with Crippen LogP contribution in [0.4, 0.5) is 4.39 Å². The number of hydrogen-bond donors (Lipinski definition) is 1. The number of halogens is 1. The lowest BCUT2D eigenvalue weighted by atomic mass is 10.0. The minimum atomic E-state index is -3.83. The Morgan fingerprint density at radius 1 is 1.35 bits per heavy atom. The zero-order valence-corrected chi connectivity index (χ0v) is 13.6. The zero-order valence-electron chi connectivity index (χ0n) is 12.8. The summed E-state index contributed by atoms with van der Waals surface area (Å²) in [7, 11) is -3.83. The fraction of sp³-hybridized carbons (Fsp3) is 0.400. The second kappa shape index (κ2) is 5.93. The molecule has 0 amide bonds. The molecular weight excluding hydrogens is 323 g/mol. The number of fused-ring (bicyclic) bond motifs is 1. The molecule has 0 saturated heterocycles. The Morgan fingerprint density at radius 3 is 2.83 bits per heavy atom. The molecule has 0 fully saturated rings. The number of sulfonamides is 1. The van der Waals surface area contributed by atoms with E-state index in [2.05, 4.69) is 9.88 Å². The van der Waals surface area contributed by atoms with E-state index in [-0.39, 0.29) is 10.7 Å². The zero-order chi connectivity index (χ0) is 16.6. The average Bonchev–Trinajstić information content (AvgIpc) is 2.71. The maximum atomic E-state index is 13.6. The number of aromatic nitrogens is 1. The van der Waals surface area contributed by atoms with Crippen molar-refractivity contribution in [2.24, 2.45) is 0 Å². The van der Waals surface area contributed by atoms with E-state index in [0.717, 1.165) is 0 Å². The van der Waals surface area contributed by atoms with Crippen molar-refractivity contribution in [1.29, 1.82) is 0 Å². The molecular formula is C15H17FN2O4S. The van der Waals surface area contributed by atoms with Gasteiger partial charge in [-0.15, -0.1) is 0 Å². The van der Waals surface area contributed by atoms with Gasteiger partial charge in [-0.05, 0) is 44.9 Å². The molecule has 23 heavy (non-hydrogen) atoms. The highest BCUT2D eigenvalue weighted by molar-refractivity contribution is 7.89. The predicted molar refractivity (Wildman–Crippen MR) is 80.2 cm³/mol. The topological polar surface area (TPSA) is 81.4 Å². The third kappa shape index (κ3) is 3.09. The number of rotatable bonds is 3. The van der Waals surface area contributed by atoms with Crippen LogP contribution < -0.4 is 9.46 Å². The van der Waals surface area contributed by atoms with Crippen molar-refractivity contribution in [2.45, 2.75) is 37.6 Å². The number of benzene rings is 1. The first-order valence-electron chi connectivity index (χ1n) is 7.26. The molecule has 6 nitrogen and oxygen atoms in total. The summed E-state index contributed by atoms with van der Waals surface area (Å²) in [5, 5.41) is 3.67. The van der Waals surface area contributed by atoms with Gasteiger partial charge in [-0.1, -0.05) is 5.16 Å². The predicted octanol–water partition coefficient (Wildman–Crippen LogP) is 2.62. The van der Waals surface area contributed by atoms with E-state index < -0.39 is 21.9 Å². The van der Waals surface area contributed by atoms with Crippen LogP contribution in [0.1, 0.15) is 35.9 Å². The minimum Gasteiger partial charge on any atom is -0.493 e. The monoisotopic (exact) mass is 340 g/mol. The van der Waals surface area contributed by atoms with Crippen molar-refractivity contribution in [1.82, 2.24) is 9.88 Å². The summed E-state index contributed by atoms with van der Waals surface area (Å²) in [4.78, 5) is 0.0284. The van der Waals surface area contributed by atoms with E-state index in [4.69, 9.17) is 9.26 Å². The van der Waals surface area contributed by atoms with Crippen LogP contribution in [0, 0.1) is 19.7 Å². The summed E-state index contributed by atoms with van der Waals surface area (Å²) in [5.41, 5.74) is 0.789. The Hall–Kier alpha value is -1.93. The van der Waals surface area contributed by atoms with Crippen LogP contribution in [-0.4, -0.2) is 20.2 Å². The Bertz CT molecular complexity index is 812. The molecule has 124 valence electrons. The molecule has 0 saturated carbocycles. The van der Waals surface area contributed by atoms with Crippen LogP contribution in [0.25, 0.3) is 0 Å². The molecule has 0 radical (unpaired) electrons. The molecule has 1 aromatic heterocycles. The summed E-state index contributed by atoms with van der Waals surface area (Å²) in [5.74, 6) is 0.283. The third-order valence-electron chi connectivity index (χ3n) is 3.78. The highest BCUT2D eigenvalue weighted by atomic mass is 32.2. The van der Waals surface area contributed by atoms with Gasteiger partial charge in [0.25, 0.3) is 0 Å². The Balaban J connectivity index is 1.98. The molecule has 1 aliphatic heterocycles. The van der Waals surface area contributed by atoms with Crippen LogP contribution >= 0.6 is 0 Å². The van der Waals surface area contributed by atoms with E-state index in [9.17, 15) is 12.8 Å². The van der Waals surface area contributed by atoms with Gasteiger partial charge in [0, 0.05) is 5.56 Å². The molecule has 1 aromatic carbocycles. The van der Waals surface area contributed by atoms with Crippen LogP contribution in [0.3, 0.4) is 0 Å². The first-order valence-corrected chi connectivity index (χ1v) is 8.74. The quantitative estimate of drug-likeness (QED) is 0.929. The summed E-state index contributed by atoms with van der Waals surface area (Å²) >= 11 is 0. The van der Waals surface area contributed by atoms with Crippen LogP contribution in [0.5, 0.6) is 5.75 Å². The molecule has 0 bridgehead atoms. The second-order valence-corrected chi connectivity index (χ2v) is 7.15. The van der Waals surface area contributed by atoms with Crippen molar-refractivity contribution in [3.05, 3.63) is 41.0 Å². The third-order valence-corrected chi connectivity index (χ3v) is 5.49. The summed E-state index contributed by atoms with van der Waals surface area (Å²) < 4.78 is 52.0. The van der Waals surface area contributed by atoms with Crippen molar-refractivity contribution in [3.8, 4) is 5.75 Å². The number of aryl methyl sites for hydroxylation is 2. The van der Waals surface area contributed by atoms with E-state index >= 15 is 0 Å². The minimum absolute atomic E-state index is 0.0284. The van der Waals surface area contributed by atoms with Crippen LogP contribution in [-0.2, 0) is 10.0 Å². The maximum absolute atomic E-state index is 13.6. The molecule has 2 aromatic rings. The molecule has 0 aliphatic carbocycles. The molecule has 1 aliphatic rings. The van der Waals surface area contributed by atoms with Gasteiger partial charge in [-0.3, -0.25) is 0 Å². The van der Waals surface area contributed by atoms with Crippen molar-refractivity contribution in [3.63, 3.8) is 0 Å². The maximum Gasteiger partial charge on any atom is 0.246 e. The van der Waals surface area contributed by atoms with E-state index in [1.54, 1.807) is 13.8 Å². The van der Waals surface area contributed by atoms with Gasteiger partial charge in [-0.25, -0.2) is 17.5 Å². The largest absolute Gasteiger partial charge is 0.493 e. The van der Waals surface area contributed by atoms with Gasteiger partial charge < -0.3 is 9.26 Å². The Labute approximate surface area is 133 Å². The molecule has 8 heteroatoms. The lowest BCUT2D eigenvalue weighted by Crippen LogP contribution is -2.29. The number of ether oxygens (including phenoxy) is 1. The van der Waals surface area contributed by atoms with Gasteiger partial charge >= 0.3 is 0 Å². The number of hydrogen-bond acceptors (Lipinski definition) is 5. The second-order valence-electron chi connectivity index (χ2n) is 5.50. The SMILES string of the molecule is Cc1noc(C)c1S(=O)(=O)N[C@@H]1CCCOc2ccc(F)cc21. The first-order chi connectivity index (χ1) is 10.9. The first kappa shape index (κ1) is 15.9. The molecule has 0 unspecified atom stereocenters. The summed E-state index contributed by atoms with van der Waals surface area (Å²) in [6.45, 7) is 3.56. The normalized spacial score (nSPS) is 18.1. The van der Waals surface area contributed by atoms with E-state index in [0.29, 0.717) is 36.5 Å². The molecule has 3 rings (SSSR count). The molecule has 1 atom stereocenters. The van der Waals surface area contributed by atoms with Crippen LogP contribution in [0.2, 0.25) is 0 Å². The van der Waals surface area contributed by atoms with Crippen LogP contribution in [0.15, 0.2) is 27.6 Å². The van der Waals surface area contributed by atoms with Gasteiger partial charge in [0.1, 0.15) is 22.2 Å². The fourth-order valence-electron chi connectivity index (χ4n) is 2.78. The number of nitrogens with one attached hydrogen (secondary N) is 1. The standard InChI is InChI=1S/C15H17FN2O4S/c1-9-15(10(2)22-17-9)23(19,20)18-13-4-3-7-21-14-6-5-11(16)8-12(13)14/h5-6,8,13,18H,3-4,7H2,1-2H3/t13-/m1/s1. The van der Waals surface area contributed by atoms with Crippen molar-refractivity contribution >= 4 is 10.0 Å². The molecule has 1 N–H and O–H groups in total. The van der Waals surface area contributed by atoms with E-state index in [1.807, 2.05) is 0 Å². The smallest absolute Gasteiger partial charge is 0.246 e. The van der Waals surface area contributed by atoms with Gasteiger partial charge in [-0.2, -0.15) is 0 Å². The lowest BCUT2D eigenvalue weighted by Gasteiger charge is -2.18. The fourth-order valence-corrected chi connectivity index (χ4v) is 4.35. The van der Waals surface area contributed by atoms with Crippen molar-refractivity contribution < 1.29 is 22.1 Å². The average molecular weight is 340 g/mol. The molecule has 2 heterocycles. The highest BCUT2D eigenvalue weighted by Gasteiger charge is 2.30. The Morgan fingerprint density at radius 2 is 2.13 bits per heavy atom. The summed E-state index contributed by atoms with van der Waals surface area (Å²) in [6, 6.07) is 3.56. The highest BCUT2D eigenvalue weighted by Crippen LogP contribution is 2.33. The lowest BCUT2D eigenvalue weighted by molar-refractivity contribution is 0.315. The molecule has 0 spiro atoms. The van der Waals surface area contributed by atoms with Gasteiger partial charge in [0.05, 0.1) is 12.6 Å². The summed E-state index contributed by atoms with van der Waals surface area (Å²) in [6.07, 6.45) is 1.17. The van der Waals surface area contributed by atoms with Crippen molar-refractivity contribution in [2.75, 3.05) is 6.61 Å².